The van der Waals surface area contributed by atoms with Gasteiger partial charge in [-0.2, -0.15) is 0 Å². The van der Waals surface area contributed by atoms with Crippen LogP contribution in [0.2, 0.25) is 0 Å². The number of fused-ring (bicyclic) bond motifs is 3. The lowest BCUT2D eigenvalue weighted by atomic mass is 10.2. The first-order valence-corrected chi connectivity index (χ1v) is 8.12. The van der Waals surface area contributed by atoms with Crippen molar-refractivity contribution in [1.82, 2.24) is 14.5 Å². The van der Waals surface area contributed by atoms with Gasteiger partial charge in [-0.15, -0.1) is 11.3 Å². The van der Waals surface area contributed by atoms with Crippen LogP contribution in [-0.4, -0.2) is 28.8 Å². The molecule has 0 aliphatic heterocycles. The molecule has 3 aromatic heterocycles. The highest BCUT2D eigenvalue weighted by Gasteiger charge is 2.17. The maximum atomic E-state index is 14.3. The predicted molar refractivity (Wildman–Crippen MR) is 93.6 cm³/mol. The molecule has 0 fully saturated rings. The molecule has 1 aromatic carbocycles. The number of thiophene rings is 1. The molecule has 0 saturated heterocycles. The third-order valence-corrected chi connectivity index (χ3v) is 4.95. The van der Waals surface area contributed by atoms with E-state index in [2.05, 4.69) is 9.97 Å². The second-order valence-corrected chi connectivity index (χ2v) is 6.21. The zero-order chi connectivity index (χ0) is 17.6. The summed E-state index contributed by atoms with van der Waals surface area (Å²) in [5, 5.41) is 0.685. The first-order chi connectivity index (χ1) is 12.1. The zero-order valence-electron chi connectivity index (χ0n) is 13.3. The van der Waals surface area contributed by atoms with Gasteiger partial charge in [-0.25, -0.2) is 14.4 Å². The van der Waals surface area contributed by atoms with Gasteiger partial charge in [-0.1, -0.05) is 0 Å². The van der Waals surface area contributed by atoms with Crippen molar-refractivity contribution in [3.8, 4) is 17.2 Å². The minimum atomic E-state index is -0.570. The van der Waals surface area contributed by atoms with Crippen molar-refractivity contribution in [2.75, 3.05) is 14.2 Å². The van der Waals surface area contributed by atoms with Crippen LogP contribution in [0, 0.1) is 5.82 Å². The first kappa shape index (κ1) is 15.5. The van der Waals surface area contributed by atoms with E-state index in [1.165, 1.54) is 41.5 Å². The molecule has 4 aromatic rings. The average Bonchev–Trinajstić information content (AvgIpc) is 3.02. The van der Waals surface area contributed by atoms with Crippen molar-refractivity contribution in [2.24, 2.45) is 0 Å². The van der Waals surface area contributed by atoms with E-state index in [1.54, 1.807) is 25.4 Å². The number of hydrogen-bond donors (Lipinski definition) is 0. The molecule has 4 rings (SSSR count). The van der Waals surface area contributed by atoms with E-state index < -0.39 is 5.82 Å². The van der Waals surface area contributed by atoms with Gasteiger partial charge in [0.05, 0.1) is 25.3 Å². The van der Waals surface area contributed by atoms with Crippen LogP contribution in [0.3, 0.4) is 0 Å². The Kier molecular flexibility index (Phi) is 3.61. The largest absolute Gasteiger partial charge is 0.497 e. The molecular formula is C17H12FN3O3S. The fourth-order valence-corrected chi connectivity index (χ4v) is 3.72. The van der Waals surface area contributed by atoms with Gasteiger partial charge in [0.1, 0.15) is 32.9 Å². The Hall–Kier alpha value is -3.00. The van der Waals surface area contributed by atoms with Gasteiger partial charge >= 0.3 is 0 Å². The normalized spacial score (nSPS) is 11.2. The van der Waals surface area contributed by atoms with E-state index >= 15 is 0 Å². The molecule has 0 saturated carbocycles. The summed E-state index contributed by atoms with van der Waals surface area (Å²) in [5.41, 5.74) is 0.247. The van der Waals surface area contributed by atoms with Crippen LogP contribution in [0.25, 0.3) is 26.1 Å². The van der Waals surface area contributed by atoms with Crippen molar-refractivity contribution in [1.29, 1.82) is 0 Å². The molecule has 0 radical (unpaired) electrons. The van der Waals surface area contributed by atoms with Crippen LogP contribution in [-0.2, 0) is 0 Å². The van der Waals surface area contributed by atoms with Gasteiger partial charge in [-0.05, 0) is 18.2 Å². The number of benzene rings is 1. The van der Waals surface area contributed by atoms with Gasteiger partial charge < -0.3 is 9.47 Å². The molecule has 0 atom stereocenters. The van der Waals surface area contributed by atoms with E-state index in [4.69, 9.17) is 9.47 Å². The lowest BCUT2D eigenvalue weighted by Crippen LogP contribution is -2.18. The third-order valence-electron chi connectivity index (χ3n) is 3.88. The lowest BCUT2D eigenvalue weighted by Gasteiger charge is -2.08. The number of halogens is 1. The molecule has 25 heavy (non-hydrogen) atoms. The Morgan fingerprint density at radius 3 is 2.72 bits per heavy atom. The van der Waals surface area contributed by atoms with E-state index in [1.807, 2.05) is 0 Å². The highest BCUT2D eigenvalue weighted by Crippen LogP contribution is 2.35. The second kappa shape index (κ2) is 5.82. The van der Waals surface area contributed by atoms with Crippen LogP contribution >= 0.6 is 11.3 Å². The molecule has 8 heteroatoms. The van der Waals surface area contributed by atoms with Crippen LogP contribution in [0.15, 0.2) is 41.6 Å². The monoisotopic (exact) mass is 357 g/mol. The molecule has 6 nitrogen and oxygen atoms in total. The Morgan fingerprint density at radius 1 is 1.16 bits per heavy atom. The van der Waals surface area contributed by atoms with Crippen molar-refractivity contribution in [3.05, 3.63) is 53.0 Å². The van der Waals surface area contributed by atoms with Gasteiger partial charge in [-0.3, -0.25) is 9.36 Å². The van der Waals surface area contributed by atoms with Crippen LogP contribution in [0.4, 0.5) is 4.39 Å². The number of aromatic nitrogens is 3. The first-order valence-electron chi connectivity index (χ1n) is 7.31. The topological polar surface area (TPSA) is 66.2 Å². The Labute approximate surface area is 145 Å². The Morgan fingerprint density at radius 2 is 2.00 bits per heavy atom. The van der Waals surface area contributed by atoms with Gasteiger partial charge in [0.15, 0.2) is 5.82 Å². The van der Waals surface area contributed by atoms with Crippen molar-refractivity contribution >= 4 is 31.8 Å². The maximum absolute atomic E-state index is 14.3. The maximum Gasteiger partial charge on any atom is 0.276 e. The van der Waals surface area contributed by atoms with E-state index in [-0.39, 0.29) is 11.2 Å². The number of rotatable bonds is 3. The quantitative estimate of drug-likeness (QED) is 0.563. The highest BCUT2D eigenvalue weighted by atomic mass is 32.1. The predicted octanol–water partition coefficient (Wildman–Crippen LogP) is 3.15. The number of methoxy groups -OCH3 is 2. The number of hydrogen-bond acceptors (Lipinski definition) is 6. The van der Waals surface area contributed by atoms with Crippen molar-refractivity contribution in [3.63, 3.8) is 0 Å². The fraction of sp³-hybridized carbons (Fsp3) is 0.118. The zero-order valence-corrected chi connectivity index (χ0v) is 14.1. The number of ether oxygens (including phenoxy) is 2. The number of pyridine rings is 1. The molecule has 3 heterocycles. The van der Waals surface area contributed by atoms with Crippen molar-refractivity contribution in [2.45, 2.75) is 0 Å². The molecule has 0 aliphatic carbocycles. The molecule has 0 spiro atoms. The minimum Gasteiger partial charge on any atom is -0.497 e. The summed E-state index contributed by atoms with van der Waals surface area (Å²) < 4.78 is 26.2. The second-order valence-electron chi connectivity index (χ2n) is 5.21. The summed E-state index contributed by atoms with van der Waals surface area (Å²) in [6, 6.07) is 6.01. The highest BCUT2D eigenvalue weighted by molar-refractivity contribution is 7.25. The average molecular weight is 357 g/mol. The fourth-order valence-electron chi connectivity index (χ4n) is 2.68. The minimum absolute atomic E-state index is 0.109. The standard InChI is InChI=1S/C17H12FN3O3S/c1-23-9-3-4-11(10(18)7-9)21-8-20-14-13-12(24-2)5-6-19-16(13)25-15(14)17(21)22/h3-8H,1-2H3. The summed E-state index contributed by atoms with van der Waals surface area (Å²) >= 11 is 1.21. The summed E-state index contributed by atoms with van der Waals surface area (Å²) in [4.78, 5) is 22.1. The van der Waals surface area contributed by atoms with Gasteiger partial charge in [0.2, 0.25) is 0 Å². The van der Waals surface area contributed by atoms with E-state index in [0.717, 1.165) is 0 Å². The molecule has 0 N–H and O–H groups in total. The van der Waals surface area contributed by atoms with E-state index in [9.17, 15) is 9.18 Å². The number of nitrogens with zero attached hydrogens (tertiary/aromatic N) is 3. The third kappa shape index (κ3) is 2.33. The van der Waals surface area contributed by atoms with Gasteiger partial charge in [0.25, 0.3) is 5.56 Å². The Bertz CT molecular complexity index is 1170. The summed E-state index contributed by atoms with van der Waals surface area (Å²) in [6.45, 7) is 0. The SMILES string of the molecule is COc1ccc(-n2cnc3c(sc4nccc(OC)c43)c2=O)c(F)c1. The summed E-state index contributed by atoms with van der Waals surface area (Å²) in [7, 11) is 3.00. The van der Waals surface area contributed by atoms with E-state index in [0.29, 0.717) is 31.9 Å². The van der Waals surface area contributed by atoms with Crippen LogP contribution < -0.4 is 15.0 Å². The molecule has 0 unspecified atom stereocenters. The lowest BCUT2D eigenvalue weighted by molar-refractivity contribution is 0.411. The smallest absolute Gasteiger partial charge is 0.276 e. The molecular weight excluding hydrogens is 345 g/mol. The molecule has 0 bridgehead atoms. The molecule has 0 amide bonds. The summed E-state index contributed by atoms with van der Waals surface area (Å²) in [6.07, 6.45) is 2.92. The summed E-state index contributed by atoms with van der Waals surface area (Å²) in [5.74, 6) is 0.398. The van der Waals surface area contributed by atoms with Crippen LogP contribution in [0.1, 0.15) is 0 Å². The van der Waals surface area contributed by atoms with Crippen LogP contribution in [0.5, 0.6) is 11.5 Å². The van der Waals surface area contributed by atoms with Crippen molar-refractivity contribution < 1.29 is 13.9 Å². The Balaban J connectivity index is 2.01. The molecule has 126 valence electrons. The van der Waals surface area contributed by atoms with Gasteiger partial charge in [0, 0.05) is 12.3 Å². The molecule has 0 aliphatic rings.